The summed E-state index contributed by atoms with van der Waals surface area (Å²) >= 11 is 0. The summed E-state index contributed by atoms with van der Waals surface area (Å²) in [6.45, 7) is 8.14. The average Bonchev–Trinajstić information content (AvgIpc) is 2.78. The Morgan fingerprint density at radius 2 is 1.82 bits per heavy atom. The Balaban J connectivity index is 1.97. The first kappa shape index (κ1) is 11.9. The topological polar surface area (TPSA) is 40.7 Å². The first-order valence-corrected chi connectivity index (χ1v) is 5.92. The number of hydrogen-bond acceptors (Lipinski definition) is 2. The van der Waals surface area contributed by atoms with E-state index in [9.17, 15) is 0 Å². The zero-order chi connectivity index (χ0) is 12.3. The minimum Gasteiger partial charge on any atom is -0.348 e. The Morgan fingerprint density at radius 1 is 1.06 bits per heavy atom. The van der Waals surface area contributed by atoms with E-state index in [0.717, 1.165) is 18.9 Å². The number of aromatic nitrogens is 2. The number of imidazole rings is 1. The fourth-order valence-corrected chi connectivity index (χ4v) is 1.92. The molecule has 3 nitrogen and oxygen atoms in total. The SMILES string of the molecule is Cc1cc(C)c(CNCc2ncc[nH]2)cc1C. The molecule has 0 spiro atoms. The van der Waals surface area contributed by atoms with Crippen molar-refractivity contribution >= 4 is 0 Å². The Morgan fingerprint density at radius 3 is 2.53 bits per heavy atom. The normalized spacial score (nSPS) is 10.8. The van der Waals surface area contributed by atoms with Crippen molar-refractivity contribution in [2.24, 2.45) is 0 Å². The number of H-pyrrole nitrogens is 1. The van der Waals surface area contributed by atoms with Gasteiger partial charge in [-0.2, -0.15) is 0 Å². The van der Waals surface area contributed by atoms with Gasteiger partial charge in [0.25, 0.3) is 0 Å². The van der Waals surface area contributed by atoms with Crippen LogP contribution >= 0.6 is 0 Å². The second-order valence-corrected chi connectivity index (χ2v) is 4.50. The van der Waals surface area contributed by atoms with Crippen LogP contribution in [0.5, 0.6) is 0 Å². The summed E-state index contributed by atoms with van der Waals surface area (Å²) in [6.07, 6.45) is 3.62. The smallest absolute Gasteiger partial charge is 0.120 e. The Bertz CT molecular complexity index is 486. The molecule has 2 aromatic rings. The van der Waals surface area contributed by atoms with Crippen molar-refractivity contribution in [2.45, 2.75) is 33.9 Å². The lowest BCUT2D eigenvalue weighted by atomic mass is 10.0. The van der Waals surface area contributed by atoms with Gasteiger partial charge in [-0.3, -0.25) is 0 Å². The molecule has 0 aliphatic rings. The fraction of sp³-hybridized carbons (Fsp3) is 0.357. The molecule has 1 aromatic heterocycles. The van der Waals surface area contributed by atoms with Gasteiger partial charge < -0.3 is 10.3 Å². The van der Waals surface area contributed by atoms with Gasteiger partial charge in [0.2, 0.25) is 0 Å². The number of nitrogens with zero attached hydrogens (tertiary/aromatic N) is 1. The van der Waals surface area contributed by atoms with Crippen LogP contribution in [0.15, 0.2) is 24.5 Å². The van der Waals surface area contributed by atoms with Crippen LogP contribution in [-0.2, 0) is 13.1 Å². The summed E-state index contributed by atoms with van der Waals surface area (Å²) < 4.78 is 0. The molecule has 0 atom stereocenters. The zero-order valence-corrected chi connectivity index (χ0v) is 10.7. The van der Waals surface area contributed by atoms with Gasteiger partial charge in [-0.15, -0.1) is 0 Å². The van der Waals surface area contributed by atoms with E-state index in [0.29, 0.717) is 0 Å². The van der Waals surface area contributed by atoms with E-state index in [1.807, 2.05) is 6.20 Å². The highest BCUT2D eigenvalue weighted by molar-refractivity contribution is 5.36. The summed E-state index contributed by atoms with van der Waals surface area (Å²) in [6, 6.07) is 4.51. The van der Waals surface area contributed by atoms with Gasteiger partial charge in [0, 0.05) is 18.9 Å². The van der Waals surface area contributed by atoms with Gasteiger partial charge in [0.1, 0.15) is 5.82 Å². The largest absolute Gasteiger partial charge is 0.348 e. The molecule has 0 aliphatic heterocycles. The summed E-state index contributed by atoms with van der Waals surface area (Å²) in [5, 5.41) is 3.40. The van der Waals surface area contributed by atoms with Crippen LogP contribution in [0.25, 0.3) is 0 Å². The van der Waals surface area contributed by atoms with Crippen molar-refractivity contribution < 1.29 is 0 Å². The molecular formula is C14H19N3. The molecule has 2 N–H and O–H groups in total. The standard InChI is InChI=1S/C14H19N3/c1-10-6-12(3)13(7-11(10)2)8-15-9-14-16-4-5-17-14/h4-7,15H,8-9H2,1-3H3,(H,16,17). The first-order chi connectivity index (χ1) is 8.16. The third-order valence-corrected chi connectivity index (χ3v) is 3.12. The van der Waals surface area contributed by atoms with E-state index in [-0.39, 0.29) is 0 Å². The molecule has 3 heteroatoms. The Labute approximate surface area is 102 Å². The van der Waals surface area contributed by atoms with E-state index in [4.69, 9.17) is 0 Å². The molecular weight excluding hydrogens is 210 g/mol. The van der Waals surface area contributed by atoms with Crippen molar-refractivity contribution in [1.29, 1.82) is 0 Å². The predicted molar refractivity (Wildman–Crippen MR) is 69.8 cm³/mol. The molecule has 1 aromatic carbocycles. The Hall–Kier alpha value is -1.61. The molecule has 90 valence electrons. The molecule has 0 fully saturated rings. The van der Waals surface area contributed by atoms with Crippen LogP contribution in [0.2, 0.25) is 0 Å². The van der Waals surface area contributed by atoms with Gasteiger partial charge in [0.05, 0.1) is 6.54 Å². The number of hydrogen-bond donors (Lipinski definition) is 2. The van der Waals surface area contributed by atoms with Crippen LogP contribution in [0.1, 0.15) is 28.1 Å². The quantitative estimate of drug-likeness (QED) is 0.846. The summed E-state index contributed by atoms with van der Waals surface area (Å²) in [4.78, 5) is 7.27. The van der Waals surface area contributed by atoms with Crippen LogP contribution in [0, 0.1) is 20.8 Å². The molecule has 2 rings (SSSR count). The number of aromatic amines is 1. The molecule has 17 heavy (non-hydrogen) atoms. The van der Waals surface area contributed by atoms with Gasteiger partial charge in [-0.1, -0.05) is 12.1 Å². The third kappa shape index (κ3) is 2.94. The monoisotopic (exact) mass is 229 g/mol. The van der Waals surface area contributed by atoms with Crippen molar-refractivity contribution in [1.82, 2.24) is 15.3 Å². The molecule has 0 radical (unpaired) electrons. The predicted octanol–water partition coefficient (Wildman–Crippen LogP) is 2.62. The molecule has 0 aliphatic carbocycles. The maximum atomic E-state index is 4.18. The van der Waals surface area contributed by atoms with E-state index in [1.54, 1.807) is 6.20 Å². The van der Waals surface area contributed by atoms with Crippen molar-refractivity contribution in [3.05, 3.63) is 52.6 Å². The third-order valence-electron chi connectivity index (χ3n) is 3.12. The number of nitrogens with one attached hydrogen (secondary N) is 2. The van der Waals surface area contributed by atoms with E-state index >= 15 is 0 Å². The zero-order valence-electron chi connectivity index (χ0n) is 10.7. The summed E-state index contributed by atoms with van der Waals surface area (Å²) in [5.74, 6) is 0.978. The lowest BCUT2D eigenvalue weighted by Gasteiger charge is -2.10. The van der Waals surface area contributed by atoms with Crippen LogP contribution in [0.4, 0.5) is 0 Å². The highest BCUT2D eigenvalue weighted by atomic mass is 15.0. The fourth-order valence-electron chi connectivity index (χ4n) is 1.92. The van der Waals surface area contributed by atoms with Crippen molar-refractivity contribution in [3.63, 3.8) is 0 Å². The molecule has 0 amide bonds. The molecule has 1 heterocycles. The van der Waals surface area contributed by atoms with Crippen molar-refractivity contribution in [3.8, 4) is 0 Å². The maximum Gasteiger partial charge on any atom is 0.120 e. The molecule has 0 unspecified atom stereocenters. The van der Waals surface area contributed by atoms with Crippen LogP contribution in [0.3, 0.4) is 0 Å². The number of benzene rings is 1. The minimum atomic E-state index is 0.777. The number of aryl methyl sites for hydroxylation is 3. The van der Waals surface area contributed by atoms with E-state index in [1.165, 1.54) is 22.3 Å². The Kier molecular flexibility index (Phi) is 3.59. The van der Waals surface area contributed by atoms with Gasteiger partial charge in [-0.05, 0) is 43.0 Å². The molecule has 0 bridgehead atoms. The van der Waals surface area contributed by atoms with Gasteiger partial charge >= 0.3 is 0 Å². The lowest BCUT2D eigenvalue weighted by Crippen LogP contribution is -2.14. The summed E-state index contributed by atoms with van der Waals surface area (Å²) in [7, 11) is 0. The molecule has 0 saturated carbocycles. The van der Waals surface area contributed by atoms with E-state index in [2.05, 4.69) is 48.2 Å². The van der Waals surface area contributed by atoms with Gasteiger partial charge in [0.15, 0.2) is 0 Å². The second kappa shape index (κ2) is 5.15. The summed E-state index contributed by atoms with van der Waals surface area (Å²) in [5.41, 5.74) is 5.42. The highest BCUT2D eigenvalue weighted by Crippen LogP contribution is 2.15. The minimum absolute atomic E-state index is 0.777. The van der Waals surface area contributed by atoms with Crippen LogP contribution in [-0.4, -0.2) is 9.97 Å². The average molecular weight is 229 g/mol. The number of rotatable bonds is 4. The first-order valence-electron chi connectivity index (χ1n) is 5.92. The van der Waals surface area contributed by atoms with Crippen LogP contribution < -0.4 is 5.32 Å². The highest BCUT2D eigenvalue weighted by Gasteiger charge is 2.02. The molecule has 0 saturated heterocycles. The maximum absolute atomic E-state index is 4.18. The lowest BCUT2D eigenvalue weighted by molar-refractivity contribution is 0.666. The van der Waals surface area contributed by atoms with E-state index < -0.39 is 0 Å². The van der Waals surface area contributed by atoms with Crippen molar-refractivity contribution in [2.75, 3.05) is 0 Å². The van der Waals surface area contributed by atoms with Gasteiger partial charge in [-0.25, -0.2) is 4.98 Å². The second-order valence-electron chi connectivity index (χ2n) is 4.50.